The van der Waals surface area contributed by atoms with Crippen LogP contribution in [0.1, 0.15) is 35.3 Å². The number of para-hydroxylation sites is 1. The van der Waals surface area contributed by atoms with E-state index in [4.69, 9.17) is 21.1 Å². The Hall–Kier alpha value is -3.53. The molecule has 200 valence electrons. The maximum Gasteiger partial charge on any atom is 0.255 e. The fraction of sp³-hybridized carbons (Fsp3) is 0.357. The summed E-state index contributed by atoms with van der Waals surface area (Å²) in [5.41, 5.74) is 4.09. The normalized spacial score (nSPS) is 18.3. The van der Waals surface area contributed by atoms with Gasteiger partial charge in [0.25, 0.3) is 5.91 Å². The number of piperidine rings is 1. The molecule has 2 aromatic heterocycles. The summed E-state index contributed by atoms with van der Waals surface area (Å²) in [5.74, 6) is 0.895. The average molecular weight is 538 g/mol. The van der Waals surface area contributed by atoms with Gasteiger partial charge in [0.05, 0.1) is 41.0 Å². The van der Waals surface area contributed by atoms with Crippen LogP contribution in [0.5, 0.6) is 11.5 Å². The second kappa shape index (κ2) is 11.5. The maximum atomic E-state index is 13.0. The lowest BCUT2D eigenvalue weighted by molar-refractivity contribution is -0.0229. The molecule has 1 saturated heterocycles. The fourth-order valence-corrected chi connectivity index (χ4v) is 5.48. The number of aromatic amines is 1. The molecule has 9 nitrogen and oxygen atoms in total. The standard InChI is InChI=1S/C28H32ClN5O4/c1-3-23(35)34-14-5-4-7-17(34)16-38-22-15-30-12-10-18(22)25-26(24-20(32-25)11-13-31-28(24)36)33-21-9-6-8-19(29)27(21)37-2/h3,6,8-10,12,15,17,23,32-33,35H,1,4-5,7,11,13-14,16H2,2H3,(H,31,36)/t17-,23?/m0/s1. The van der Waals surface area contributed by atoms with E-state index in [0.29, 0.717) is 58.7 Å². The van der Waals surface area contributed by atoms with Crippen molar-refractivity contribution in [3.05, 3.63) is 65.6 Å². The van der Waals surface area contributed by atoms with E-state index in [0.717, 1.165) is 37.1 Å². The summed E-state index contributed by atoms with van der Waals surface area (Å²) in [6, 6.07) is 7.32. The second-order valence-electron chi connectivity index (χ2n) is 9.40. The number of pyridine rings is 1. The molecule has 1 aromatic carbocycles. The van der Waals surface area contributed by atoms with E-state index < -0.39 is 6.23 Å². The summed E-state index contributed by atoms with van der Waals surface area (Å²) in [7, 11) is 1.55. The number of carbonyl (C=O) groups is 1. The number of amides is 1. The Bertz CT molecular complexity index is 1330. The van der Waals surface area contributed by atoms with Gasteiger partial charge in [-0.05, 0) is 37.1 Å². The molecule has 2 aliphatic rings. The number of anilines is 2. The molecule has 0 saturated carbocycles. The van der Waals surface area contributed by atoms with E-state index in [1.165, 1.54) is 0 Å². The van der Waals surface area contributed by atoms with Gasteiger partial charge in [-0.2, -0.15) is 0 Å². The number of likely N-dealkylation sites (tertiary alicyclic amines) is 1. The minimum Gasteiger partial charge on any atom is -0.493 e. The first kappa shape index (κ1) is 26.1. The van der Waals surface area contributed by atoms with Crippen LogP contribution < -0.4 is 20.1 Å². The Labute approximate surface area is 226 Å². The van der Waals surface area contributed by atoms with Gasteiger partial charge in [-0.3, -0.25) is 14.7 Å². The number of aliphatic hydroxyl groups is 1. The molecular weight excluding hydrogens is 506 g/mol. The highest BCUT2D eigenvalue weighted by atomic mass is 35.5. The summed E-state index contributed by atoms with van der Waals surface area (Å²) < 4.78 is 11.9. The Balaban J connectivity index is 1.52. The lowest BCUT2D eigenvalue weighted by Gasteiger charge is -2.37. The topological polar surface area (TPSA) is 112 Å². The SMILES string of the molecule is C=CC(O)N1CCCC[C@H]1COc1cnccc1-c1[nH]c2c(c1Nc1cccc(Cl)c1OC)C(=O)NCC2. The van der Waals surface area contributed by atoms with Crippen molar-refractivity contribution in [2.45, 2.75) is 38.0 Å². The molecule has 38 heavy (non-hydrogen) atoms. The number of H-pyrrole nitrogens is 1. The number of rotatable bonds is 9. The first-order valence-corrected chi connectivity index (χ1v) is 13.2. The molecule has 5 rings (SSSR count). The van der Waals surface area contributed by atoms with Crippen molar-refractivity contribution >= 4 is 28.9 Å². The van der Waals surface area contributed by atoms with Crippen LogP contribution in [0.25, 0.3) is 11.3 Å². The number of nitrogens with zero attached hydrogens (tertiary/aromatic N) is 2. The molecule has 0 radical (unpaired) electrons. The minimum atomic E-state index is -0.714. The van der Waals surface area contributed by atoms with Crippen LogP contribution >= 0.6 is 11.6 Å². The predicted octanol–water partition coefficient (Wildman–Crippen LogP) is 4.51. The number of nitrogens with one attached hydrogen (secondary N) is 3. The quantitative estimate of drug-likeness (QED) is 0.297. The van der Waals surface area contributed by atoms with Crippen LogP contribution in [0, 0.1) is 0 Å². The van der Waals surface area contributed by atoms with Gasteiger partial charge in [-0.25, -0.2) is 0 Å². The Morgan fingerprint density at radius 2 is 2.24 bits per heavy atom. The van der Waals surface area contributed by atoms with Crippen molar-refractivity contribution in [1.82, 2.24) is 20.2 Å². The van der Waals surface area contributed by atoms with E-state index in [2.05, 4.69) is 27.2 Å². The molecule has 0 aliphatic carbocycles. The van der Waals surface area contributed by atoms with Crippen LogP contribution in [0.3, 0.4) is 0 Å². The highest BCUT2D eigenvalue weighted by molar-refractivity contribution is 6.32. The summed E-state index contributed by atoms with van der Waals surface area (Å²) in [4.78, 5) is 22.8. The van der Waals surface area contributed by atoms with E-state index in [1.54, 1.807) is 31.6 Å². The van der Waals surface area contributed by atoms with Gasteiger partial charge in [0, 0.05) is 43.0 Å². The van der Waals surface area contributed by atoms with Crippen molar-refractivity contribution in [1.29, 1.82) is 0 Å². The summed E-state index contributed by atoms with van der Waals surface area (Å²) >= 11 is 6.37. The molecule has 0 bridgehead atoms. The van der Waals surface area contributed by atoms with E-state index in [9.17, 15) is 9.90 Å². The van der Waals surface area contributed by atoms with Gasteiger partial charge in [-0.15, -0.1) is 0 Å². The highest BCUT2D eigenvalue weighted by Crippen LogP contribution is 2.43. The first-order valence-electron chi connectivity index (χ1n) is 12.8. The summed E-state index contributed by atoms with van der Waals surface area (Å²) in [6.45, 7) is 5.46. The third-order valence-electron chi connectivity index (χ3n) is 7.10. The van der Waals surface area contributed by atoms with Crippen LogP contribution in [-0.4, -0.2) is 65.0 Å². The van der Waals surface area contributed by atoms with Crippen LogP contribution in [-0.2, 0) is 6.42 Å². The molecule has 1 fully saturated rings. The van der Waals surface area contributed by atoms with Crippen LogP contribution in [0.4, 0.5) is 11.4 Å². The Morgan fingerprint density at radius 1 is 1.37 bits per heavy atom. The molecule has 2 aliphatic heterocycles. The number of hydrogen-bond acceptors (Lipinski definition) is 7. The monoisotopic (exact) mass is 537 g/mol. The van der Waals surface area contributed by atoms with Crippen LogP contribution in [0.2, 0.25) is 5.02 Å². The zero-order valence-corrected chi connectivity index (χ0v) is 22.1. The van der Waals surface area contributed by atoms with E-state index in [1.807, 2.05) is 23.1 Å². The number of carbonyl (C=O) groups excluding carboxylic acids is 1. The number of benzene rings is 1. The van der Waals surface area contributed by atoms with Crippen molar-refractivity contribution in [3.63, 3.8) is 0 Å². The molecule has 10 heteroatoms. The Morgan fingerprint density at radius 3 is 3.05 bits per heavy atom. The molecule has 4 N–H and O–H groups in total. The molecular formula is C28H32ClN5O4. The van der Waals surface area contributed by atoms with Gasteiger partial charge in [0.2, 0.25) is 0 Å². The van der Waals surface area contributed by atoms with E-state index >= 15 is 0 Å². The third-order valence-corrected chi connectivity index (χ3v) is 7.40. The van der Waals surface area contributed by atoms with Gasteiger partial charge in [0.1, 0.15) is 18.6 Å². The summed E-state index contributed by atoms with van der Waals surface area (Å²) in [6.07, 6.45) is 7.88. The second-order valence-corrected chi connectivity index (χ2v) is 9.81. The lowest BCUT2D eigenvalue weighted by atomic mass is 10.0. The number of aromatic nitrogens is 2. The number of aliphatic hydroxyl groups excluding tert-OH is 1. The van der Waals surface area contributed by atoms with Crippen molar-refractivity contribution < 1.29 is 19.4 Å². The van der Waals surface area contributed by atoms with E-state index in [-0.39, 0.29) is 11.9 Å². The van der Waals surface area contributed by atoms with Gasteiger partial charge >= 0.3 is 0 Å². The highest BCUT2D eigenvalue weighted by Gasteiger charge is 2.30. The number of fused-ring (bicyclic) bond motifs is 1. The predicted molar refractivity (Wildman–Crippen MR) is 147 cm³/mol. The summed E-state index contributed by atoms with van der Waals surface area (Å²) in [5, 5.41) is 17.2. The zero-order valence-electron chi connectivity index (χ0n) is 21.3. The van der Waals surface area contributed by atoms with Gasteiger partial charge in [-0.1, -0.05) is 30.7 Å². The third kappa shape index (κ3) is 5.09. The number of ether oxygens (including phenoxy) is 2. The van der Waals surface area contributed by atoms with Crippen molar-refractivity contribution in [2.75, 3.05) is 32.1 Å². The molecule has 2 atom stereocenters. The maximum absolute atomic E-state index is 13.0. The minimum absolute atomic E-state index is 0.0424. The number of methoxy groups -OCH3 is 1. The molecule has 1 unspecified atom stereocenters. The fourth-order valence-electron chi connectivity index (χ4n) is 5.23. The lowest BCUT2D eigenvalue weighted by Crippen LogP contribution is -2.48. The number of hydrogen-bond donors (Lipinski definition) is 4. The van der Waals surface area contributed by atoms with Gasteiger partial charge in [0.15, 0.2) is 5.75 Å². The average Bonchev–Trinajstić information content (AvgIpc) is 3.31. The first-order chi connectivity index (χ1) is 18.5. The largest absolute Gasteiger partial charge is 0.493 e. The van der Waals surface area contributed by atoms with Crippen molar-refractivity contribution in [2.24, 2.45) is 0 Å². The molecule has 3 aromatic rings. The molecule has 0 spiro atoms. The van der Waals surface area contributed by atoms with Gasteiger partial charge < -0.3 is 30.2 Å². The zero-order chi connectivity index (χ0) is 26.6. The van der Waals surface area contributed by atoms with Crippen LogP contribution in [0.15, 0.2) is 49.3 Å². The van der Waals surface area contributed by atoms with Crippen molar-refractivity contribution in [3.8, 4) is 22.8 Å². The number of halogens is 1. The molecule has 1 amide bonds. The Kier molecular flexibility index (Phi) is 7.87. The molecule has 4 heterocycles. The smallest absolute Gasteiger partial charge is 0.255 e.